The number of nitrogens with two attached hydrogens (primary N) is 1. The normalized spacial score (nSPS) is 18.1. The van der Waals surface area contributed by atoms with Crippen molar-refractivity contribution < 1.29 is 44.0 Å². The molecule has 1 aromatic rings. The van der Waals surface area contributed by atoms with Gasteiger partial charge in [-0.2, -0.15) is 0 Å². The molecular formula is C31H42N4O9S. The summed E-state index contributed by atoms with van der Waals surface area (Å²) in [6.45, 7) is 1.34. The zero-order valence-corrected chi connectivity index (χ0v) is 26.1. The van der Waals surface area contributed by atoms with Crippen LogP contribution in [0.1, 0.15) is 63.9 Å². The molecule has 4 atom stereocenters. The van der Waals surface area contributed by atoms with Crippen LogP contribution in [-0.2, 0) is 35.1 Å². The van der Waals surface area contributed by atoms with Crippen LogP contribution in [0.3, 0.4) is 0 Å². The Bertz CT molecular complexity index is 1300. The Kier molecular flexibility index (Phi) is 14.0. The molecule has 2 aliphatic rings. The number of esters is 1. The van der Waals surface area contributed by atoms with E-state index in [0.29, 0.717) is 37.9 Å². The Morgan fingerprint density at radius 1 is 1.16 bits per heavy atom. The summed E-state index contributed by atoms with van der Waals surface area (Å²) >= 11 is 1.33. The highest BCUT2D eigenvalue weighted by Crippen LogP contribution is 2.47. The van der Waals surface area contributed by atoms with Crippen LogP contribution in [0, 0.1) is 5.92 Å². The number of nitrogens with one attached hydrogen (secondary N) is 2. The van der Waals surface area contributed by atoms with Crippen LogP contribution in [0.25, 0.3) is 0 Å². The second kappa shape index (κ2) is 17.7. The SMILES string of the molecule is CCCC(SCC(NC(=O)CCC(N)C(=O)O)C(=O)NCC(=O)O)C1=C2CCC(Cc3ccncc3)=C(CCCO)C2C(=O)O1. The highest BCUT2D eigenvalue weighted by atomic mass is 32.2. The number of pyridine rings is 1. The Labute approximate surface area is 266 Å². The van der Waals surface area contributed by atoms with Gasteiger partial charge in [-0.3, -0.25) is 29.0 Å². The fourth-order valence-corrected chi connectivity index (χ4v) is 6.92. The molecular weight excluding hydrogens is 604 g/mol. The average Bonchev–Trinajstić information content (AvgIpc) is 3.35. The van der Waals surface area contributed by atoms with E-state index in [1.54, 1.807) is 12.4 Å². The van der Waals surface area contributed by atoms with Gasteiger partial charge in [0, 0.05) is 31.2 Å². The summed E-state index contributed by atoms with van der Waals surface area (Å²) in [4.78, 5) is 65.0. The number of cyclic esters (lactones) is 1. The lowest BCUT2D eigenvalue weighted by Gasteiger charge is -2.27. The van der Waals surface area contributed by atoms with Crippen LogP contribution >= 0.6 is 11.8 Å². The number of rotatable bonds is 19. The summed E-state index contributed by atoms with van der Waals surface area (Å²) < 4.78 is 5.95. The zero-order valence-electron chi connectivity index (χ0n) is 25.3. The van der Waals surface area contributed by atoms with Gasteiger partial charge in [-0.05, 0) is 68.2 Å². The number of hydrogen-bond acceptors (Lipinski definition) is 10. The smallest absolute Gasteiger partial charge is 0.322 e. The monoisotopic (exact) mass is 646 g/mol. The number of hydrogen-bond donors (Lipinski definition) is 6. The lowest BCUT2D eigenvalue weighted by atomic mass is 9.76. The van der Waals surface area contributed by atoms with Gasteiger partial charge in [-0.15, -0.1) is 11.8 Å². The number of carboxylic acids is 2. The Balaban J connectivity index is 1.83. The second-order valence-electron chi connectivity index (χ2n) is 11.1. The summed E-state index contributed by atoms with van der Waals surface area (Å²) in [5, 5.41) is 32.1. The predicted molar refractivity (Wildman–Crippen MR) is 166 cm³/mol. The highest BCUT2D eigenvalue weighted by Gasteiger charge is 2.43. The van der Waals surface area contributed by atoms with Gasteiger partial charge in [0.2, 0.25) is 11.8 Å². The molecule has 0 saturated carbocycles. The van der Waals surface area contributed by atoms with Crippen molar-refractivity contribution in [3.8, 4) is 0 Å². The molecule has 2 heterocycles. The van der Waals surface area contributed by atoms with Gasteiger partial charge in [-0.1, -0.05) is 24.5 Å². The third kappa shape index (κ3) is 10.4. The molecule has 0 spiro atoms. The number of ether oxygens (including phenoxy) is 1. The maximum absolute atomic E-state index is 13.4. The number of carboxylic acid groups (broad SMARTS) is 2. The molecule has 1 aliphatic heterocycles. The third-order valence-corrected chi connectivity index (χ3v) is 9.13. The minimum absolute atomic E-state index is 0.00663. The van der Waals surface area contributed by atoms with Crippen LogP contribution in [0.4, 0.5) is 0 Å². The van der Waals surface area contributed by atoms with Gasteiger partial charge in [0.1, 0.15) is 30.3 Å². The number of aromatic nitrogens is 1. The first kappa shape index (κ1) is 35.7. The molecule has 13 nitrogen and oxygen atoms in total. The van der Waals surface area contributed by atoms with Crippen molar-refractivity contribution in [3.63, 3.8) is 0 Å². The van der Waals surface area contributed by atoms with E-state index in [1.807, 2.05) is 19.1 Å². The van der Waals surface area contributed by atoms with E-state index < -0.39 is 48.3 Å². The maximum atomic E-state index is 13.4. The Hall–Kier alpha value is -3.75. The van der Waals surface area contributed by atoms with Gasteiger partial charge in [-0.25, -0.2) is 0 Å². The van der Waals surface area contributed by atoms with Gasteiger partial charge in [0.15, 0.2) is 0 Å². The Morgan fingerprint density at radius 2 is 1.89 bits per heavy atom. The number of allylic oxidation sites excluding steroid dienone is 1. The minimum atomic E-state index is -1.25. The number of nitrogens with zero attached hydrogens (tertiary/aromatic N) is 1. The van der Waals surface area contributed by atoms with Crippen molar-refractivity contribution in [1.82, 2.24) is 15.6 Å². The summed E-state index contributed by atoms with van der Waals surface area (Å²) in [6.07, 6.45) is 7.54. The van der Waals surface area contributed by atoms with Crippen molar-refractivity contribution in [2.75, 3.05) is 18.9 Å². The first-order chi connectivity index (χ1) is 21.5. The number of aliphatic hydroxyl groups is 1. The van der Waals surface area contributed by atoms with Crippen LogP contribution in [0.15, 0.2) is 47.0 Å². The average molecular weight is 647 g/mol. The standard InChI is InChI=1S/C31H42N4O9S/c1-2-4-24(45-17-23(29(40)34-16-26(38)39)35-25(37)9-8-22(32)30(41)42)28-21-7-6-19(15-18-10-12-33-13-11-18)20(5-3-14-36)27(21)31(43)44-28/h10-13,22-24,27,36H,2-9,14-17,32H2,1H3,(H,34,40)(H,35,37)(H,38,39)(H,41,42). The Morgan fingerprint density at radius 3 is 2.53 bits per heavy atom. The first-order valence-electron chi connectivity index (χ1n) is 15.1. The highest BCUT2D eigenvalue weighted by molar-refractivity contribution is 8.00. The van der Waals surface area contributed by atoms with Crippen molar-refractivity contribution in [2.24, 2.45) is 11.7 Å². The lowest BCUT2D eigenvalue weighted by molar-refractivity contribution is -0.140. The molecule has 0 aromatic carbocycles. The van der Waals surface area contributed by atoms with Gasteiger partial charge in [0.05, 0.1) is 5.25 Å². The number of thioether (sulfide) groups is 1. The number of carbonyl (C=O) groups is 5. The van der Waals surface area contributed by atoms with Crippen LogP contribution in [0.2, 0.25) is 0 Å². The fraction of sp³-hybridized carbons (Fsp3) is 0.548. The summed E-state index contributed by atoms with van der Waals surface area (Å²) in [6, 6.07) is 1.51. The molecule has 0 fully saturated rings. The molecule has 1 aliphatic carbocycles. The molecule has 4 unspecified atom stereocenters. The molecule has 1 aromatic heterocycles. The number of aliphatic carboxylic acids is 2. The fourth-order valence-electron chi connectivity index (χ4n) is 5.51. The van der Waals surface area contributed by atoms with Crippen LogP contribution in [0.5, 0.6) is 0 Å². The van der Waals surface area contributed by atoms with Crippen LogP contribution in [-0.4, -0.2) is 86.3 Å². The largest absolute Gasteiger partial charge is 0.480 e. The molecule has 14 heteroatoms. The number of amides is 2. The maximum Gasteiger partial charge on any atom is 0.322 e. The second-order valence-corrected chi connectivity index (χ2v) is 12.3. The summed E-state index contributed by atoms with van der Waals surface area (Å²) in [5.41, 5.74) is 9.60. The molecule has 0 saturated heterocycles. The molecule has 3 rings (SSSR count). The van der Waals surface area contributed by atoms with Crippen molar-refractivity contribution in [2.45, 2.75) is 82.0 Å². The van der Waals surface area contributed by atoms with Crippen molar-refractivity contribution in [3.05, 3.63) is 52.6 Å². The van der Waals surface area contributed by atoms with Crippen molar-refractivity contribution in [1.29, 1.82) is 0 Å². The van der Waals surface area contributed by atoms with E-state index in [2.05, 4.69) is 15.6 Å². The van der Waals surface area contributed by atoms with E-state index in [1.165, 1.54) is 11.8 Å². The molecule has 7 N–H and O–H groups in total. The predicted octanol–water partition coefficient (Wildman–Crippen LogP) is 1.69. The molecule has 0 bridgehead atoms. The third-order valence-electron chi connectivity index (χ3n) is 7.75. The topological polar surface area (TPSA) is 218 Å². The van der Waals surface area contributed by atoms with E-state index >= 15 is 0 Å². The van der Waals surface area contributed by atoms with Crippen LogP contribution < -0.4 is 16.4 Å². The molecule has 2 amide bonds. The minimum Gasteiger partial charge on any atom is -0.480 e. The zero-order chi connectivity index (χ0) is 32.9. The van der Waals surface area contributed by atoms with Crippen molar-refractivity contribution >= 4 is 41.5 Å². The molecule has 45 heavy (non-hydrogen) atoms. The van der Waals surface area contributed by atoms with Gasteiger partial charge in [0.25, 0.3) is 0 Å². The van der Waals surface area contributed by atoms with Gasteiger partial charge < -0.3 is 36.4 Å². The molecule has 0 radical (unpaired) electrons. The van der Waals surface area contributed by atoms with Gasteiger partial charge >= 0.3 is 17.9 Å². The van der Waals surface area contributed by atoms with E-state index in [-0.39, 0.29) is 36.4 Å². The number of fused-ring (bicyclic) bond motifs is 1. The quantitative estimate of drug-likeness (QED) is 0.0935. The molecule has 246 valence electrons. The lowest BCUT2D eigenvalue weighted by Crippen LogP contribution is -2.49. The summed E-state index contributed by atoms with van der Waals surface area (Å²) in [5.74, 6) is -4.10. The first-order valence-corrected chi connectivity index (χ1v) is 16.1. The van der Waals surface area contributed by atoms with E-state index in [4.69, 9.17) is 20.7 Å². The summed E-state index contributed by atoms with van der Waals surface area (Å²) in [7, 11) is 0. The van der Waals surface area contributed by atoms with E-state index in [0.717, 1.165) is 35.1 Å². The number of aliphatic hydroxyl groups excluding tert-OH is 1. The number of carbonyl (C=O) groups excluding carboxylic acids is 3. The van der Waals surface area contributed by atoms with E-state index in [9.17, 15) is 29.1 Å².